The third-order valence-corrected chi connectivity index (χ3v) is 5.74. The first-order valence-electron chi connectivity index (χ1n) is 11.5. The highest BCUT2D eigenvalue weighted by Gasteiger charge is 2.13. The predicted octanol–water partition coefficient (Wildman–Crippen LogP) is 5.12. The Hall–Kier alpha value is -4.39. The van der Waals surface area contributed by atoms with Gasteiger partial charge in [0, 0.05) is 23.6 Å². The molecule has 2 heterocycles. The lowest BCUT2D eigenvalue weighted by Gasteiger charge is -2.17. The maximum absolute atomic E-state index is 12.1. The number of rotatable bonds is 8. The number of ether oxygens (including phenoxy) is 2. The first kappa shape index (κ1) is 22.4. The highest BCUT2D eigenvalue weighted by Crippen LogP contribution is 2.27. The molecule has 0 saturated heterocycles. The fourth-order valence-corrected chi connectivity index (χ4v) is 3.79. The maximum Gasteiger partial charge on any atom is 0.258 e. The SMILES string of the molecule is O=C(COc1ccc(-c2nc(-c3cccc(-c4ccccc4)c3)no2)cc1)NCC1C=COCC1. The Morgan fingerprint density at radius 3 is 2.54 bits per heavy atom. The topological polar surface area (TPSA) is 86.5 Å². The van der Waals surface area contributed by atoms with Gasteiger partial charge in [0.1, 0.15) is 5.75 Å². The van der Waals surface area contributed by atoms with E-state index in [1.807, 2.05) is 54.6 Å². The number of nitrogens with one attached hydrogen (secondary N) is 1. The molecule has 1 aliphatic heterocycles. The number of nitrogens with zero attached hydrogens (tertiary/aromatic N) is 2. The van der Waals surface area contributed by atoms with E-state index < -0.39 is 0 Å². The standard InChI is InChI=1S/C28H25N3O4/c32-26(29-18-20-13-15-33-16-14-20)19-34-25-11-9-22(10-12-25)28-30-27(31-35-28)24-8-4-7-23(17-24)21-5-2-1-3-6-21/h1-13,15,17,20H,14,16,18-19H2,(H,29,32). The average Bonchev–Trinajstić information content (AvgIpc) is 3.43. The number of hydrogen-bond donors (Lipinski definition) is 1. The van der Waals surface area contributed by atoms with Crippen molar-refractivity contribution >= 4 is 5.91 Å². The number of hydrogen-bond acceptors (Lipinski definition) is 6. The molecule has 1 aliphatic rings. The lowest BCUT2D eigenvalue weighted by atomic mass is 10.0. The number of benzene rings is 3. The third kappa shape index (κ3) is 5.76. The van der Waals surface area contributed by atoms with Crippen molar-refractivity contribution in [2.45, 2.75) is 6.42 Å². The van der Waals surface area contributed by atoms with E-state index in [0.717, 1.165) is 28.7 Å². The largest absolute Gasteiger partial charge is 0.501 e. The van der Waals surface area contributed by atoms with Gasteiger partial charge >= 0.3 is 0 Å². The quantitative estimate of drug-likeness (QED) is 0.387. The van der Waals surface area contributed by atoms with E-state index in [-0.39, 0.29) is 12.5 Å². The molecule has 0 saturated carbocycles. The van der Waals surface area contributed by atoms with Crippen molar-refractivity contribution in [1.29, 1.82) is 0 Å². The monoisotopic (exact) mass is 467 g/mol. The summed E-state index contributed by atoms with van der Waals surface area (Å²) < 4.78 is 16.3. The lowest BCUT2D eigenvalue weighted by molar-refractivity contribution is -0.123. The van der Waals surface area contributed by atoms with Crippen molar-refractivity contribution in [3.05, 3.63) is 91.2 Å². The first-order valence-corrected chi connectivity index (χ1v) is 11.5. The summed E-state index contributed by atoms with van der Waals surface area (Å²) in [5, 5.41) is 7.04. The number of amides is 1. The lowest BCUT2D eigenvalue weighted by Crippen LogP contribution is -2.33. The zero-order valence-electron chi connectivity index (χ0n) is 19.1. The second kappa shape index (κ2) is 10.7. The van der Waals surface area contributed by atoms with Crippen LogP contribution >= 0.6 is 0 Å². The summed E-state index contributed by atoms with van der Waals surface area (Å²) in [6.45, 7) is 1.21. The Balaban J connectivity index is 1.18. The molecule has 1 amide bonds. The summed E-state index contributed by atoms with van der Waals surface area (Å²) in [6.07, 6.45) is 4.55. The van der Waals surface area contributed by atoms with E-state index in [0.29, 0.717) is 36.5 Å². The van der Waals surface area contributed by atoms with Crippen LogP contribution < -0.4 is 10.1 Å². The van der Waals surface area contributed by atoms with Gasteiger partial charge in [0.15, 0.2) is 6.61 Å². The van der Waals surface area contributed by atoms with Crippen LogP contribution in [-0.2, 0) is 9.53 Å². The zero-order valence-corrected chi connectivity index (χ0v) is 19.1. The molecule has 0 fully saturated rings. The molecule has 0 bridgehead atoms. The van der Waals surface area contributed by atoms with Gasteiger partial charge in [0.2, 0.25) is 5.82 Å². The smallest absolute Gasteiger partial charge is 0.258 e. The van der Waals surface area contributed by atoms with Gasteiger partial charge in [0.25, 0.3) is 11.8 Å². The van der Waals surface area contributed by atoms with Crippen molar-refractivity contribution in [1.82, 2.24) is 15.5 Å². The highest BCUT2D eigenvalue weighted by molar-refractivity contribution is 5.77. The summed E-state index contributed by atoms with van der Waals surface area (Å²) in [5.74, 6) is 1.67. The number of aromatic nitrogens is 2. The molecule has 1 atom stereocenters. The second-order valence-electron chi connectivity index (χ2n) is 8.24. The van der Waals surface area contributed by atoms with Gasteiger partial charge in [-0.1, -0.05) is 53.7 Å². The van der Waals surface area contributed by atoms with Crippen LogP contribution in [-0.4, -0.2) is 35.8 Å². The van der Waals surface area contributed by atoms with Gasteiger partial charge in [0.05, 0.1) is 12.9 Å². The normalized spacial score (nSPS) is 14.8. The minimum Gasteiger partial charge on any atom is -0.501 e. The van der Waals surface area contributed by atoms with Crippen LogP contribution in [0.5, 0.6) is 5.75 Å². The van der Waals surface area contributed by atoms with Crippen molar-refractivity contribution < 1.29 is 18.8 Å². The van der Waals surface area contributed by atoms with Crippen molar-refractivity contribution in [2.24, 2.45) is 5.92 Å². The molecule has 1 aromatic heterocycles. The number of carbonyl (C=O) groups excluding carboxylic acids is 1. The van der Waals surface area contributed by atoms with Crippen LogP contribution in [0.2, 0.25) is 0 Å². The molecular formula is C28H25N3O4. The van der Waals surface area contributed by atoms with Crippen molar-refractivity contribution in [2.75, 3.05) is 19.8 Å². The molecular weight excluding hydrogens is 442 g/mol. The number of carbonyl (C=O) groups is 1. The van der Waals surface area contributed by atoms with Crippen LogP contribution in [0.25, 0.3) is 34.0 Å². The van der Waals surface area contributed by atoms with E-state index >= 15 is 0 Å². The molecule has 7 nitrogen and oxygen atoms in total. The molecule has 0 radical (unpaired) electrons. The van der Waals surface area contributed by atoms with Gasteiger partial charge in [-0.2, -0.15) is 4.98 Å². The first-order chi connectivity index (χ1) is 17.2. The Morgan fingerprint density at radius 2 is 1.74 bits per heavy atom. The van der Waals surface area contributed by atoms with Crippen LogP contribution in [0.15, 0.2) is 95.7 Å². The minimum absolute atomic E-state index is 0.0469. The van der Waals surface area contributed by atoms with E-state index in [1.54, 1.807) is 18.4 Å². The Bertz CT molecular complexity index is 1300. The van der Waals surface area contributed by atoms with Crippen molar-refractivity contribution in [3.8, 4) is 39.7 Å². The van der Waals surface area contributed by atoms with Crippen LogP contribution in [0.4, 0.5) is 0 Å². The van der Waals surface area contributed by atoms with Crippen molar-refractivity contribution in [3.63, 3.8) is 0 Å². The third-order valence-electron chi connectivity index (χ3n) is 5.74. The van der Waals surface area contributed by atoms with Crippen LogP contribution in [0, 0.1) is 5.92 Å². The molecule has 5 rings (SSSR count). The molecule has 1 N–H and O–H groups in total. The van der Waals surface area contributed by atoms with E-state index in [2.05, 4.69) is 33.7 Å². The molecule has 0 spiro atoms. The summed E-state index contributed by atoms with van der Waals surface area (Å²) in [7, 11) is 0. The summed E-state index contributed by atoms with van der Waals surface area (Å²) in [4.78, 5) is 16.6. The molecule has 176 valence electrons. The fraction of sp³-hybridized carbons (Fsp3) is 0.179. The summed E-state index contributed by atoms with van der Waals surface area (Å²) in [6, 6.07) is 25.4. The van der Waals surface area contributed by atoms with E-state index in [1.165, 1.54) is 0 Å². The fourth-order valence-electron chi connectivity index (χ4n) is 3.79. The molecule has 1 unspecified atom stereocenters. The minimum atomic E-state index is -0.159. The van der Waals surface area contributed by atoms with Crippen LogP contribution in [0.1, 0.15) is 6.42 Å². The zero-order chi connectivity index (χ0) is 23.9. The Kier molecular flexibility index (Phi) is 6.84. The molecule has 0 aliphatic carbocycles. The summed E-state index contributed by atoms with van der Waals surface area (Å²) in [5.41, 5.74) is 3.86. The second-order valence-corrected chi connectivity index (χ2v) is 8.24. The molecule has 4 aromatic rings. The Morgan fingerprint density at radius 1 is 0.943 bits per heavy atom. The molecule has 35 heavy (non-hydrogen) atoms. The van der Waals surface area contributed by atoms with E-state index in [4.69, 9.17) is 14.0 Å². The van der Waals surface area contributed by atoms with Gasteiger partial charge in [-0.15, -0.1) is 0 Å². The van der Waals surface area contributed by atoms with Crippen LogP contribution in [0.3, 0.4) is 0 Å². The average molecular weight is 468 g/mol. The maximum atomic E-state index is 12.1. The van der Waals surface area contributed by atoms with Gasteiger partial charge in [-0.05, 0) is 54.0 Å². The molecule has 3 aromatic carbocycles. The molecule has 7 heteroatoms. The summed E-state index contributed by atoms with van der Waals surface area (Å²) >= 11 is 0. The predicted molar refractivity (Wildman–Crippen MR) is 132 cm³/mol. The van der Waals surface area contributed by atoms with Gasteiger partial charge < -0.3 is 19.3 Å². The van der Waals surface area contributed by atoms with Gasteiger partial charge in [-0.25, -0.2) is 0 Å². The highest BCUT2D eigenvalue weighted by atomic mass is 16.5. The van der Waals surface area contributed by atoms with E-state index in [9.17, 15) is 4.79 Å². The van der Waals surface area contributed by atoms with Gasteiger partial charge in [-0.3, -0.25) is 4.79 Å². The Labute approximate surface area is 203 Å².